The van der Waals surface area contributed by atoms with Crippen molar-refractivity contribution < 1.29 is 0 Å². The van der Waals surface area contributed by atoms with Gasteiger partial charge in [0.05, 0.1) is 0 Å². The predicted octanol–water partition coefficient (Wildman–Crippen LogP) is 7.11. The smallest absolute Gasteiger partial charge is 0.168 e. The molecular weight excluding hydrogens is 440 g/mol. The minimum atomic E-state index is 0.658. The van der Waals surface area contributed by atoms with Crippen molar-refractivity contribution in [2.75, 3.05) is 23.7 Å². The van der Waals surface area contributed by atoms with E-state index in [2.05, 4.69) is 122 Å². The molecule has 4 rings (SSSR count). The molecule has 0 unspecified atom stereocenters. The molecule has 0 amide bonds. The molecule has 0 radical (unpaired) electrons. The van der Waals surface area contributed by atoms with Crippen molar-refractivity contribution in [3.8, 4) is 0 Å². The minimum Gasteiger partial charge on any atom is -0.337 e. The third-order valence-electron chi connectivity index (χ3n) is 5.88. The van der Waals surface area contributed by atoms with Crippen molar-refractivity contribution in [1.29, 1.82) is 0 Å². The number of benzene rings is 4. The quantitative estimate of drug-likeness (QED) is 0.211. The number of hydrogen-bond acceptors (Lipinski definition) is 2. The summed E-state index contributed by atoms with van der Waals surface area (Å²) < 4.78 is 0. The molecule has 2 N–H and O–H groups in total. The van der Waals surface area contributed by atoms with Crippen molar-refractivity contribution in [2.45, 2.75) is 26.7 Å². The van der Waals surface area contributed by atoms with Crippen LogP contribution < -0.4 is 10.6 Å². The van der Waals surface area contributed by atoms with Crippen LogP contribution in [0.25, 0.3) is 0 Å². The molecular formula is C32H34N4. The van der Waals surface area contributed by atoms with Crippen LogP contribution in [-0.2, 0) is 12.8 Å². The number of nitrogens with zero attached hydrogens (tertiary/aromatic N) is 2. The maximum atomic E-state index is 4.99. The third kappa shape index (κ3) is 7.95. The van der Waals surface area contributed by atoms with Crippen LogP contribution in [-0.4, -0.2) is 24.8 Å². The largest absolute Gasteiger partial charge is 0.337 e. The Morgan fingerprint density at radius 3 is 1.22 bits per heavy atom. The van der Waals surface area contributed by atoms with E-state index in [9.17, 15) is 0 Å². The highest BCUT2D eigenvalue weighted by atomic mass is 15.1. The monoisotopic (exact) mass is 474 g/mol. The SMILES string of the molecule is Cc1ccc(NC(=NCCc2ccccc2)C(=NCCc2ccccc2)Nc2ccc(C)cc2)cc1. The van der Waals surface area contributed by atoms with Crippen LogP contribution in [0.15, 0.2) is 119 Å². The Bertz CT molecular complexity index is 1160. The van der Waals surface area contributed by atoms with Gasteiger partial charge in [0.1, 0.15) is 0 Å². The second-order valence-corrected chi connectivity index (χ2v) is 8.91. The zero-order valence-electron chi connectivity index (χ0n) is 21.1. The Kier molecular flexibility index (Phi) is 9.04. The van der Waals surface area contributed by atoms with Crippen LogP contribution in [0, 0.1) is 13.8 Å². The molecule has 4 nitrogen and oxygen atoms in total. The van der Waals surface area contributed by atoms with Crippen LogP contribution in [0.1, 0.15) is 22.3 Å². The van der Waals surface area contributed by atoms with Crippen molar-refractivity contribution in [1.82, 2.24) is 0 Å². The van der Waals surface area contributed by atoms with Crippen LogP contribution in [0.3, 0.4) is 0 Å². The molecule has 0 heterocycles. The van der Waals surface area contributed by atoms with Gasteiger partial charge < -0.3 is 10.6 Å². The van der Waals surface area contributed by atoms with E-state index in [1.54, 1.807) is 0 Å². The first-order valence-corrected chi connectivity index (χ1v) is 12.5. The van der Waals surface area contributed by atoms with Crippen LogP contribution >= 0.6 is 0 Å². The van der Waals surface area contributed by atoms with Crippen molar-refractivity contribution in [3.05, 3.63) is 131 Å². The van der Waals surface area contributed by atoms with Crippen LogP contribution in [0.4, 0.5) is 11.4 Å². The Morgan fingerprint density at radius 2 is 0.861 bits per heavy atom. The fourth-order valence-corrected chi connectivity index (χ4v) is 3.78. The summed E-state index contributed by atoms with van der Waals surface area (Å²) in [7, 11) is 0. The van der Waals surface area contributed by atoms with Crippen molar-refractivity contribution in [3.63, 3.8) is 0 Å². The summed E-state index contributed by atoms with van der Waals surface area (Å²) in [5.74, 6) is 1.48. The molecule has 0 bridgehead atoms. The summed E-state index contributed by atoms with van der Waals surface area (Å²) in [4.78, 5) is 9.98. The summed E-state index contributed by atoms with van der Waals surface area (Å²) in [6, 6.07) is 37.6. The van der Waals surface area contributed by atoms with Gasteiger partial charge in [0.2, 0.25) is 0 Å². The van der Waals surface area contributed by atoms with Gasteiger partial charge in [-0.3, -0.25) is 9.98 Å². The average molecular weight is 475 g/mol. The molecule has 0 spiro atoms. The molecule has 0 aromatic heterocycles. The van der Waals surface area contributed by atoms with Gasteiger partial charge in [-0.1, -0.05) is 96.1 Å². The summed E-state index contributed by atoms with van der Waals surface area (Å²) >= 11 is 0. The summed E-state index contributed by atoms with van der Waals surface area (Å²) in [5.41, 5.74) is 6.95. The standard InChI is InChI=1S/C32H34N4/c1-25-13-17-29(18-14-25)35-31(33-23-21-27-9-5-3-6-10-27)32(36-30-19-15-26(2)16-20-30)34-24-22-28-11-7-4-8-12-28/h3-20H,21-24H2,1-2H3,(H,33,35)(H,34,36). The number of aryl methyl sites for hydroxylation is 2. The lowest BCUT2D eigenvalue weighted by Gasteiger charge is -2.16. The molecule has 0 saturated heterocycles. The Balaban J connectivity index is 1.61. The Labute approximate surface area is 214 Å². The average Bonchev–Trinajstić information content (AvgIpc) is 2.91. The Hall–Kier alpha value is -4.18. The third-order valence-corrected chi connectivity index (χ3v) is 5.88. The first-order chi connectivity index (χ1) is 17.7. The van der Waals surface area contributed by atoms with Gasteiger partial charge in [-0.25, -0.2) is 0 Å². The molecule has 36 heavy (non-hydrogen) atoms. The van der Waals surface area contributed by atoms with E-state index in [1.807, 2.05) is 12.1 Å². The number of aliphatic imine (C=N–C) groups is 2. The maximum absolute atomic E-state index is 4.99. The zero-order valence-corrected chi connectivity index (χ0v) is 21.1. The highest BCUT2D eigenvalue weighted by Crippen LogP contribution is 2.13. The van der Waals surface area contributed by atoms with Gasteiger partial charge in [-0.05, 0) is 62.1 Å². The summed E-state index contributed by atoms with van der Waals surface area (Å²) in [5, 5.41) is 7.06. The molecule has 0 aliphatic heterocycles. The van der Waals surface area contributed by atoms with Crippen LogP contribution in [0.5, 0.6) is 0 Å². The maximum Gasteiger partial charge on any atom is 0.168 e. The van der Waals surface area contributed by atoms with Gasteiger partial charge in [-0.2, -0.15) is 0 Å². The topological polar surface area (TPSA) is 48.8 Å². The number of hydrogen-bond donors (Lipinski definition) is 2. The van der Waals surface area contributed by atoms with Gasteiger partial charge in [0.25, 0.3) is 0 Å². The van der Waals surface area contributed by atoms with E-state index >= 15 is 0 Å². The molecule has 0 aliphatic carbocycles. The van der Waals surface area contributed by atoms with Crippen molar-refractivity contribution in [2.24, 2.45) is 9.98 Å². The van der Waals surface area contributed by atoms with E-state index in [1.165, 1.54) is 22.3 Å². The molecule has 4 aromatic carbocycles. The minimum absolute atomic E-state index is 0.658. The van der Waals surface area contributed by atoms with E-state index < -0.39 is 0 Å². The highest BCUT2D eigenvalue weighted by Gasteiger charge is 2.11. The van der Waals surface area contributed by atoms with Gasteiger partial charge >= 0.3 is 0 Å². The van der Waals surface area contributed by atoms with E-state index in [-0.39, 0.29) is 0 Å². The molecule has 4 aromatic rings. The molecule has 0 fully saturated rings. The fraction of sp³-hybridized carbons (Fsp3) is 0.188. The first-order valence-electron chi connectivity index (χ1n) is 12.5. The van der Waals surface area contributed by atoms with E-state index in [4.69, 9.17) is 9.98 Å². The van der Waals surface area contributed by atoms with Gasteiger partial charge in [0, 0.05) is 24.5 Å². The van der Waals surface area contributed by atoms with Gasteiger partial charge in [0.15, 0.2) is 11.7 Å². The van der Waals surface area contributed by atoms with E-state index in [0.717, 1.165) is 35.9 Å². The second kappa shape index (κ2) is 13.1. The highest BCUT2D eigenvalue weighted by molar-refractivity contribution is 6.48. The molecule has 182 valence electrons. The normalized spacial score (nSPS) is 11.8. The first kappa shape index (κ1) is 24.9. The summed E-state index contributed by atoms with van der Waals surface area (Å²) in [6.45, 7) is 5.50. The number of amidine groups is 2. The fourth-order valence-electron chi connectivity index (χ4n) is 3.78. The second-order valence-electron chi connectivity index (χ2n) is 8.91. The van der Waals surface area contributed by atoms with Gasteiger partial charge in [-0.15, -0.1) is 0 Å². The molecule has 4 heteroatoms. The number of nitrogens with one attached hydrogen (secondary N) is 2. The lowest BCUT2D eigenvalue weighted by molar-refractivity contribution is 0.961. The summed E-state index contributed by atoms with van der Waals surface area (Å²) in [6.07, 6.45) is 1.73. The van der Waals surface area contributed by atoms with Crippen LogP contribution in [0.2, 0.25) is 0 Å². The number of anilines is 2. The molecule has 0 aliphatic rings. The lowest BCUT2D eigenvalue weighted by atomic mass is 10.1. The molecule has 0 saturated carbocycles. The van der Waals surface area contributed by atoms with E-state index in [0.29, 0.717) is 13.1 Å². The lowest BCUT2D eigenvalue weighted by Crippen LogP contribution is -2.31. The van der Waals surface area contributed by atoms with Crippen molar-refractivity contribution >= 4 is 23.0 Å². The predicted molar refractivity (Wildman–Crippen MR) is 154 cm³/mol. The Morgan fingerprint density at radius 1 is 0.500 bits per heavy atom. The molecule has 0 atom stereocenters. The zero-order chi connectivity index (χ0) is 25.0. The number of rotatable bonds is 8.